The number of aryl methyl sites for hydroxylation is 2. The lowest BCUT2D eigenvalue weighted by Gasteiger charge is -2.24. The SMILES string of the molecule is Cc1noc(C)c1CN(C)C(=O)N[C@@H](C)C1=CCCCC1. The van der Waals surface area contributed by atoms with Crippen LogP contribution in [0.5, 0.6) is 0 Å². The zero-order valence-electron chi connectivity index (χ0n) is 13.4. The number of urea groups is 1. The molecule has 2 rings (SSSR count). The maximum Gasteiger partial charge on any atom is 0.317 e. The molecular formula is C16H25N3O2. The Bertz CT molecular complexity index is 514. The summed E-state index contributed by atoms with van der Waals surface area (Å²) in [5.74, 6) is 0.773. The van der Waals surface area contributed by atoms with Gasteiger partial charge in [-0.2, -0.15) is 0 Å². The summed E-state index contributed by atoms with van der Waals surface area (Å²) < 4.78 is 5.13. The minimum Gasteiger partial charge on any atom is -0.361 e. The molecule has 0 unspecified atom stereocenters. The van der Waals surface area contributed by atoms with Crippen LogP contribution in [0.3, 0.4) is 0 Å². The van der Waals surface area contributed by atoms with E-state index in [1.165, 1.54) is 18.4 Å². The highest BCUT2D eigenvalue weighted by Gasteiger charge is 2.18. The first-order chi connectivity index (χ1) is 9.99. The van der Waals surface area contributed by atoms with Crippen LogP contribution in [0.25, 0.3) is 0 Å². The molecule has 0 aromatic carbocycles. The van der Waals surface area contributed by atoms with Gasteiger partial charge in [0.15, 0.2) is 0 Å². The van der Waals surface area contributed by atoms with E-state index in [1.807, 2.05) is 13.8 Å². The van der Waals surface area contributed by atoms with Crippen molar-refractivity contribution in [1.82, 2.24) is 15.4 Å². The maximum atomic E-state index is 12.3. The first kappa shape index (κ1) is 15.6. The van der Waals surface area contributed by atoms with Crippen molar-refractivity contribution in [1.29, 1.82) is 0 Å². The standard InChI is InChI=1S/C16H25N3O2/c1-11(14-8-6-5-7-9-14)17-16(20)19(4)10-15-12(2)18-21-13(15)3/h8,11H,5-7,9-10H2,1-4H3,(H,17,20)/t11-/m0/s1. The van der Waals surface area contributed by atoms with Crippen molar-refractivity contribution in [3.05, 3.63) is 28.7 Å². The van der Waals surface area contributed by atoms with E-state index in [0.717, 1.165) is 29.9 Å². The summed E-state index contributed by atoms with van der Waals surface area (Å²) in [6.07, 6.45) is 6.97. The summed E-state index contributed by atoms with van der Waals surface area (Å²) >= 11 is 0. The molecule has 116 valence electrons. The van der Waals surface area contributed by atoms with Crippen LogP contribution in [-0.4, -0.2) is 29.2 Å². The molecule has 21 heavy (non-hydrogen) atoms. The van der Waals surface area contributed by atoms with E-state index >= 15 is 0 Å². The van der Waals surface area contributed by atoms with Crippen molar-refractivity contribution >= 4 is 6.03 Å². The highest BCUT2D eigenvalue weighted by molar-refractivity contribution is 5.74. The van der Waals surface area contributed by atoms with Crippen LogP contribution in [0.2, 0.25) is 0 Å². The molecule has 1 aliphatic carbocycles. The highest BCUT2D eigenvalue weighted by Crippen LogP contribution is 2.20. The molecule has 2 amide bonds. The first-order valence-electron chi connectivity index (χ1n) is 7.61. The summed E-state index contributed by atoms with van der Waals surface area (Å²) in [4.78, 5) is 14.0. The molecule has 5 heteroatoms. The van der Waals surface area contributed by atoms with Crippen LogP contribution in [0.15, 0.2) is 16.2 Å². The van der Waals surface area contributed by atoms with Gasteiger partial charge in [-0.3, -0.25) is 0 Å². The van der Waals surface area contributed by atoms with Gasteiger partial charge in [0.05, 0.1) is 12.2 Å². The van der Waals surface area contributed by atoms with E-state index in [-0.39, 0.29) is 12.1 Å². The van der Waals surface area contributed by atoms with Gasteiger partial charge in [0.1, 0.15) is 5.76 Å². The Morgan fingerprint density at radius 1 is 1.48 bits per heavy atom. The quantitative estimate of drug-likeness (QED) is 0.866. The molecule has 1 N–H and O–H groups in total. The molecule has 0 saturated carbocycles. The van der Waals surface area contributed by atoms with Crippen LogP contribution >= 0.6 is 0 Å². The number of aromatic nitrogens is 1. The molecule has 1 atom stereocenters. The molecule has 5 nitrogen and oxygen atoms in total. The molecule has 0 aliphatic heterocycles. The molecule has 0 spiro atoms. The fraction of sp³-hybridized carbons (Fsp3) is 0.625. The number of nitrogens with zero attached hydrogens (tertiary/aromatic N) is 2. The Morgan fingerprint density at radius 2 is 2.24 bits per heavy atom. The lowest BCUT2D eigenvalue weighted by atomic mass is 9.95. The van der Waals surface area contributed by atoms with Crippen molar-refractivity contribution in [3.8, 4) is 0 Å². The average molecular weight is 291 g/mol. The van der Waals surface area contributed by atoms with Gasteiger partial charge in [0, 0.05) is 18.7 Å². The van der Waals surface area contributed by atoms with E-state index in [4.69, 9.17) is 4.52 Å². The van der Waals surface area contributed by atoms with E-state index in [2.05, 4.69) is 23.5 Å². The van der Waals surface area contributed by atoms with Crippen LogP contribution in [0.1, 0.15) is 49.6 Å². The maximum absolute atomic E-state index is 12.3. The van der Waals surface area contributed by atoms with Crippen LogP contribution in [-0.2, 0) is 6.54 Å². The number of hydrogen-bond donors (Lipinski definition) is 1. The van der Waals surface area contributed by atoms with Gasteiger partial charge in [0.2, 0.25) is 0 Å². The van der Waals surface area contributed by atoms with Gasteiger partial charge in [-0.1, -0.05) is 16.8 Å². The Morgan fingerprint density at radius 3 is 2.81 bits per heavy atom. The summed E-state index contributed by atoms with van der Waals surface area (Å²) in [5, 5.41) is 6.99. The van der Waals surface area contributed by atoms with Crippen molar-refractivity contribution in [2.45, 2.75) is 59.0 Å². The second-order valence-electron chi connectivity index (χ2n) is 5.85. The molecule has 0 bridgehead atoms. The molecular weight excluding hydrogens is 266 g/mol. The van der Waals surface area contributed by atoms with Crippen molar-refractivity contribution in [2.75, 3.05) is 7.05 Å². The lowest BCUT2D eigenvalue weighted by molar-refractivity contribution is 0.204. The van der Waals surface area contributed by atoms with Crippen molar-refractivity contribution in [2.24, 2.45) is 0 Å². The fourth-order valence-electron chi connectivity index (χ4n) is 2.68. The molecule has 1 aromatic heterocycles. The number of rotatable bonds is 4. The number of carbonyl (C=O) groups is 1. The van der Waals surface area contributed by atoms with Crippen LogP contribution in [0, 0.1) is 13.8 Å². The third kappa shape index (κ3) is 3.86. The zero-order valence-corrected chi connectivity index (χ0v) is 13.4. The minimum absolute atomic E-state index is 0.0611. The molecule has 1 aromatic rings. The third-order valence-corrected chi connectivity index (χ3v) is 4.15. The van der Waals surface area contributed by atoms with Gasteiger partial charge >= 0.3 is 6.03 Å². The Balaban J connectivity index is 1.92. The first-order valence-corrected chi connectivity index (χ1v) is 7.61. The molecule has 1 aliphatic rings. The second-order valence-corrected chi connectivity index (χ2v) is 5.85. The number of amides is 2. The van der Waals surface area contributed by atoms with Crippen LogP contribution in [0.4, 0.5) is 4.79 Å². The molecule has 0 saturated heterocycles. The van der Waals surface area contributed by atoms with Gasteiger partial charge in [-0.15, -0.1) is 0 Å². The number of nitrogens with one attached hydrogen (secondary N) is 1. The predicted octanol–water partition coefficient (Wildman–Crippen LogP) is 3.32. The van der Waals surface area contributed by atoms with Gasteiger partial charge < -0.3 is 14.7 Å². The molecule has 0 fully saturated rings. The van der Waals surface area contributed by atoms with Gasteiger partial charge in [-0.05, 0) is 46.5 Å². The van der Waals surface area contributed by atoms with Crippen LogP contribution < -0.4 is 5.32 Å². The third-order valence-electron chi connectivity index (χ3n) is 4.15. The Hall–Kier alpha value is -1.78. The van der Waals surface area contributed by atoms with E-state index in [9.17, 15) is 4.79 Å². The zero-order chi connectivity index (χ0) is 15.4. The van der Waals surface area contributed by atoms with Crippen molar-refractivity contribution < 1.29 is 9.32 Å². The second kappa shape index (κ2) is 6.78. The number of carbonyl (C=O) groups excluding carboxylic acids is 1. The number of allylic oxidation sites excluding steroid dienone is 1. The molecule has 1 heterocycles. The van der Waals surface area contributed by atoms with Gasteiger partial charge in [0.25, 0.3) is 0 Å². The topological polar surface area (TPSA) is 58.4 Å². The summed E-state index contributed by atoms with van der Waals surface area (Å²) in [6.45, 7) is 6.33. The highest BCUT2D eigenvalue weighted by atomic mass is 16.5. The van der Waals surface area contributed by atoms with E-state index < -0.39 is 0 Å². The molecule has 0 radical (unpaired) electrons. The average Bonchev–Trinajstić information content (AvgIpc) is 2.79. The minimum atomic E-state index is -0.0611. The fourth-order valence-corrected chi connectivity index (χ4v) is 2.68. The van der Waals surface area contributed by atoms with Crippen molar-refractivity contribution in [3.63, 3.8) is 0 Å². The summed E-state index contributed by atoms with van der Waals surface area (Å²) in [5.41, 5.74) is 3.17. The van der Waals surface area contributed by atoms with Gasteiger partial charge in [-0.25, -0.2) is 4.79 Å². The largest absolute Gasteiger partial charge is 0.361 e. The Labute approximate surface area is 126 Å². The van der Waals surface area contributed by atoms with E-state index in [0.29, 0.717) is 6.54 Å². The predicted molar refractivity (Wildman–Crippen MR) is 82.0 cm³/mol. The summed E-state index contributed by atoms with van der Waals surface area (Å²) in [6, 6.07) is 0.0406. The number of hydrogen-bond acceptors (Lipinski definition) is 3. The monoisotopic (exact) mass is 291 g/mol. The lowest BCUT2D eigenvalue weighted by Crippen LogP contribution is -2.42. The van der Waals surface area contributed by atoms with E-state index in [1.54, 1.807) is 11.9 Å². The Kier molecular flexibility index (Phi) is 5.04. The summed E-state index contributed by atoms with van der Waals surface area (Å²) in [7, 11) is 1.79. The normalized spacial score (nSPS) is 16.3. The smallest absolute Gasteiger partial charge is 0.317 e.